The van der Waals surface area contributed by atoms with Crippen molar-refractivity contribution in [3.63, 3.8) is 0 Å². The fourth-order valence-electron chi connectivity index (χ4n) is 3.10. The average molecular weight is 290 g/mol. The third-order valence-electron chi connectivity index (χ3n) is 4.54. The monoisotopic (exact) mass is 290 g/mol. The molecule has 1 aliphatic carbocycles. The summed E-state index contributed by atoms with van der Waals surface area (Å²) in [6, 6.07) is 10.4. The molecule has 3 heteroatoms. The van der Waals surface area contributed by atoms with Crippen LogP contribution in [0.25, 0.3) is 0 Å². The number of Topliss-reactive ketones (excluding diaryl/α,β-unsaturated/α-hetero) is 1. The molecule has 1 aliphatic rings. The van der Waals surface area contributed by atoms with Gasteiger partial charge in [0.15, 0.2) is 5.78 Å². The molecule has 0 spiro atoms. The number of aliphatic hydroxyl groups is 2. The molecule has 3 nitrogen and oxygen atoms in total. The summed E-state index contributed by atoms with van der Waals surface area (Å²) in [4.78, 5) is 11.9. The van der Waals surface area contributed by atoms with Gasteiger partial charge in [-0.25, -0.2) is 0 Å². The minimum absolute atomic E-state index is 0.200. The molecule has 3 atom stereocenters. The molecule has 2 N–H and O–H groups in total. The smallest absolute Gasteiger partial charge is 0.163 e. The van der Waals surface area contributed by atoms with Gasteiger partial charge in [-0.15, -0.1) is 0 Å². The molecular weight excluding hydrogens is 264 g/mol. The van der Waals surface area contributed by atoms with Crippen LogP contribution in [0.2, 0.25) is 0 Å². The van der Waals surface area contributed by atoms with Crippen molar-refractivity contribution in [2.75, 3.05) is 0 Å². The second-order valence-electron chi connectivity index (χ2n) is 6.19. The van der Waals surface area contributed by atoms with Crippen LogP contribution in [0.5, 0.6) is 0 Å². The van der Waals surface area contributed by atoms with E-state index >= 15 is 0 Å². The summed E-state index contributed by atoms with van der Waals surface area (Å²) in [6.07, 6.45) is 4.89. The molecule has 0 heterocycles. The Bertz CT molecular complexity index is 429. The van der Waals surface area contributed by atoms with E-state index in [1.165, 1.54) is 5.56 Å². The lowest BCUT2D eigenvalue weighted by Gasteiger charge is -2.22. The number of aryl methyl sites for hydroxylation is 1. The zero-order chi connectivity index (χ0) is 15.1. The summed E-state index contributed by atoms with van der Waals surface area (Å²) >= 11 is 0. The van der Waals surface area contributed by atoms with Gasteiger partial charge in [-0.2, -0.15) is 0 Å². The summed E-state index contributed by atoms with van der Waals surface area (Å²) in [5.74, 6) is 0.339. The fourth-order valence-corrected chi connectivity index (χ4v) is 3.10. The summed E-state index contributed by atoms with van der Waals surface area (Å²) in [6.45, 7) is 0. The number of carbonyl (C=O) groups is 1. The molecular formula is C18H26O3. The second kappa shape index (κ2) is 8.30. The number of ketones is 1. The Morgan fingerprint density at radius 3 is 2.48 bits per heavy atom. The second-order valence-corrected chi connectivity index (χ2v) is 6.19. The van der Waals surface area contributed by atoms with Crippen LogP contribution >= 0.6 is 0 Å². The van der Waals surface area contributed by atoms with Crippen molar-refractivity contribution in [1.29, 1.82) is 0 Å². The molecule has 0 aromatic heterocycles. The zero-order valence-electron chi connectivity index (χ0n) is 12.6. The Kier molecular flexibility index (Phi) is 6.40. The minimum atomic E-state index is -1.18. The van der Waals surface area contributed by atoms with E-state index in [2.05, 4.69) is 24.3 Å². The number of aliphatic hydroxyl groups excluding tert-OH is 2. The molecule has 116 valence electrons. The van der Waals surface area contributed by atoms with Crippen molar-refractivity contribution >= 4 is 5.78 Å². The first-order valence-electron chi connectivity index (χ1n) is 8.09. The molecule has 2 rings (SSSR count). The maximum Gasteiger partial charge on any atom is 0.163 e. The molecule has 0 radical (unpaired) electrons. The maximum absolute atomic E-state index is 11.9. The highest BCUT2D eigenvalue weighted by Gasteiger charge is 2.25. The standard InChI is InChI=1S/C18H26O3/c19-16-9-5-4-8-15(12-13-17(20)18(16)21)11-10-14-6-2-1-3-7-14/h1-3,6-7,15-16,18-19,21H,4-5,8-13H2. The van der Waals surface area contributed by atoms with Crippen molar-refractivity contribution in [2.24, 2.45) is 5.92 Å². The van der Waals surface area contributed by atoms with Crippen LogP contribution in [0.4, 0.5) is 0 Å². The van der Waals surface area contributed by atoms with Gasteiger partial charge in [-0.3, -0.25) is 4.79 Å². The van der Waals surface area contributed by atoms with Crippen molar-refractivity contribution in [2.45, 2.75) is 63.6 Å². The third-order valence-corrected chi connectivity index (χ3v) is 4.54. The van der Waals surface area contributed by atoms with Gasteiger partial charge in [0.2, 0.25) is 0 Å². The topological polar surface area (TPSA) is 57.5 Å². The Labute approximate surface area is 127 Å². The van der Waals surface area contributed by atoms with Crippen LogP contribution in [0.15, 0.2) is 30.3 Å². The lowest BCUT2D eigenvalue weighted by molar-refractivity contribution is -0.133. The molecule has 1 aromatic carbocycles. The predicted octanol–water partition coefficient (Wildman–Crippen LogP) is 2.88. The maximum atomic E-state index is 11.9. The third kappa shape index (κ3) is 5.25. The largest absolute Gasteiger partial charge is 0.390 e. The van der Waals surface area contributed by atoms with Crippen LogP contribution in [-0.2, 0) is 11.2 Å². The van der Waals surface area contributed by atoms with E-state index in [0.29, 0.717) is 18.8 Å². The van der Waals surface area contributed by atoms with Crippen LogP contribution in [0.1, 0.15) is 50.5 Å². The van der Waals surface area contributed by atoms with Crippen molar-refractivity contribution in [3.05, 3.63) is 35.9 Å². The van der Waals surface area contributed by atoms with Crippen molar-refractivity contribution in [1.82, 2.24) is 0 Å². The summed E-state index contributed by atoms with van der Waals surface area (Å²) in [7, 11) is 0. The number of hydrogen-bond donors (Lipinski definition) is 2. The van der Waals surface area contributed by atoms with Gasteiger partial charge in [0.1, 0.15) is 6.10 Å². The fraction of sp³-hybridized carbons (Fsp3) is 0.611. The predicted molar refractivity (Wildman–Crippen MR) is 83.0 cm³/mol. The molecule has 3 unspecified atom stereocenters. The average Bonchev–Trinajstić information content (AvgIpc) is 2.52. The molecule has 21 heavy (non-hydrogen) atoms. The number of carbonyl (C=O) groups excluding carboxylic acids is 1. The first kappa shape index (κ1) is 16.2. The van der Waals surface area contributed by atoms with E-state index in [4.69, 9.17) is 0 Å². The number of benzene rings is 1. The van der Waals surface area contributed by atoms with Gasteiger partial charge in [-0.05, 0) is 37.2 Å². The van der Waals surface area contributed by atoms with Gasteiger partial charge in [0.05, 0.1) is 6.10 Å². The lowest BCUT2D eigenvalue weighted by Crippen LogP contribution is -2.34. The first-order valence-corrected chi connectivity index (χ1v) is 8.09. The summed E-state index contributed by atoms with van der Waals surface area (Å²) in [5.41, 5.74) is 1.34. The van der Waals surface area contributed by atoms with Crippen LogP contribution in [0, 0.1) is 5.92 Å². The summed E-state index contributed by atoms with van der Waals surface area (Å²) in [5, 5.41) is 19.5. The Balaban J connectivity index is 1.86. The van der Waals surface area contributed by atoms with E-state index in [1.807, 2.05) is 6.07 Å². The molecule has 1 saturated carbocycles. The van der Waals surface area contributed by atoms with Crippen molar-refractivity contribution in [3.8, 4) is 0 Å². The normalized spacial score (nSPS) is 28.3. The highest BCUT2D eigenvalue weighted by molar-refractivity contribution is 5.83. The lowest BCUT2D eigenvalue weighted by atomic mass is 9.86. The van der Waals surface area contributed by atoms with Gasteiger partial charge in [0, 0.05) is 6.42 Å². The van der Waals surface area contributed by atoms with E-state index in [-0.39, 0.29) is 5.78 Å². The van der Waals surface area contributed by atoms with Gasteiger partial charge < -0.3 is 10.2 Å². The molecule has 0 saturated heterocycles. The Hall–Kier alpha value is -1.19. The molecule has 0 amide bonds. The molecule has 1 aromatic rings. The van der Waals surface area contributed by atoms with Crippen LogP contribution in [-0.4, -0.2) is 28.2 Å². The highest BCUT2D eigenvalue weighted by Crippen LogP contribution is 2.24. The Morgan fingerprint density at radius 1 is 1.00 bits per heavy atom. The zero-order valence-corrected chi connectivity index (χ0v) is 12.6. The number of hydrogen-bond acceptors (Lipinski definition) is 3. The first-order chi connectivity index (χ1) is 10.2. The quantitative estimate of drug-likeness (QED) is 0.900. The molecule has 0 bridgehead atoms. The minimum Gasteiger partial charge on any atom is -0.390 e. The van der Waals surface area contributed by atoms with E-state index in [0.717, 1.165) is 38.5 Å². The number of rotatable bonds is 3. The van der Waals surface area contributed by atoms with Gasteiger partial charge in [-0.1, -0.05) is 49.6 Å². The van der Waals surface area contributed by atoms with E-state index < -0.39 is 12.2 Å². The van der Waals surface area contributed by atoms with Crippen LogP contribution in [0.3, 0.4) is 0 Å². The van der Waals surface area contributed by atoms with Crippen molar-refractivity contribution < 1.29 is 15.0 Å². The molecule has 0 aliphatic heterocycles. The summed E-state index contributed by atoms with van der Waals surface area (Å²) < 4.78 is 0. The SMILES string of the molecule is O=C1CCC(CCc2ccccc2)CCCCC(O)C1O. The van der Waals surface area contributed by atoms with E-state index in [9.17, 15) is 15.0 Å². The van der Waals surface area contributed by atoms with Gasteiger partial charge in [0.25, 0.3) is 0 Å². The highest BCUT2D eigenvalue weighted by atomic mass is 16.3. The molecule has 1 fully saturated rings. The van der Waals surface area contributed by atoms with E-state index in [1.54, 1.807) is 0 Å². The van der Waals surface area contributed by atoms with Crippen LogP contribution < -0.4 is 0 Å². The van der Waals surface area contributed by atoms with Gasteiger partial charge >= 0.3 is 0 Å². The Morgan fingerprint density at radius 2 is 1.71 bits per heavy atom.